The quantitative estimate of drug-likeness (QED) is 0.308. The number of hydrogen-bond donors (Lipinski definition) is 1. The first-order chi connectivity index (χ1) is 21.6. The third kappa shape index (κ3) is 6.44. The zero-order chi connectivity index (χ0) is 32.3. The normalized spacial score (nSPS) is 17.2. The highest BCUT2D eigenvalue weighted by molar-refractivity contribution is 7.89. The van der Waals surface area contributed by atoms with Gasteiger partial charge in [-0.25, -0.2) is 22.0 Å². The largest absolute Gasteiger partial charge is 0.495 e. The van der Waals surface area contributed by atoms with Crippen LogP contribution in [0, 0.1) is 18.6 Å². The number of benzene rings is 3. The van der Waals surface area contributed by atoms with E-state index in [1.807, 2.05) is 24.3 Å². The number of likely N-dealkylation sites (tertiary alicyclic amines) is 1. The fourth-order valence-electron chi connectivity index (χ4n) is 6.32. The summed E-state index contributed by atoms with van der Waals surface area (Å²) in [6.45, 7) is 8.59. The van der Waals surface area contributed by atoms with Crippen LogP contribution in [-0.2, 0) is 10.0 Å². The van der Waals surface area contributed by atoms with Crippen molar-refractivity contribution in [2.75, 3.05) is 68.0 Å². The van der Waals surface area contributed by atoms with Crippen LogP contribution in [0.4, 0.5) is 30.6 Å². The number of hydrogen-bond acceptors (Lipinski definition) is 6. The number of ether oxygens (including phenoxy) is 1. The first kappa shape index (κ1) is 32.5. The molecule has 0 aromatic heterocycles. The summed E-state index contributed by atoms with van der Waals surface area (Å²) in [4.78, 5) is 19.7. The van der Waals surface area contributed by atoms with Gasteiger partial charge in [0.25, 0.3) is 0 Å². The number of rotatable bonds is 9. The number of amides is 2. The number of carbonyl (C=O) groups excluding carboxylic acids is 1. The van der Waals surface area contributed by atoms with E-state index in [9.17, 15) is 17.6 Å². The number of sulfonamides is 1. The van der Waals surface area contributed by atoms with Gasteiger partial charge >= 0.3 is 6.03 Å². The zero-order valence-electron chi connectivity index (χ0n) is 26.2. The molecule has 242 valence electrons. The number of para-hydroxylation sites is 2. The monoisotopic (exact) mass is 641 g/mol. The fourth-order valence-corrected chi connectivity index (χ4v) is 7.81. The number of methoxy groups -OCH3 is 1. The molecule has 2 amide bonds. The van der Waals surface area contributed by atoms with E-state index < -0.39 is 33.7 Å². The predicted molar refractivity (Wildman–Crippen MR) is 173 cm³/mol. The Labute approximate surface area is 264 Å². The smallest absolute Gasteiger partial charge is 0.322 e. The summed E-state index contributed by atoms with van der Waals surface area (Å²) in [5, 5.41) is 2.94. The Bertz CT molecular complexity index is 1640. The van der Waals surface area contributed by atoms with Crippen molar-refractivity contribution in [3.8, 4) is 5.75 Å². The summed E-state index contributed by atoms with van der Waals surface area (Å²) in [6, 6.07) is 13.9. The molecule has 2 heterocycles. The van der Waals surface area contributed by atoms with E-state index in [1.54, 1.807) is 40.0 Å². The molecule has 12 heteroatoms. The Balaban J connectivity index is 1.46. The molecule has 2 aliphatic rings. The van der Waals surface area contributed by atoms with Gasteiger partial charge in [0.1, 0.15) is 17.4 Å². The number of aryl methyl sites for hydroxylation is 1. The van der Waals surface area contributed by atoms with Crippen LogP contribution < -0.4 is 19.9 Å². The molecule has 2 aliphatic heterocycles. The highest BCUT2D eigenvalue weighted by Crippen LogP contribution is 2.38. The Hall–Kier alpha value is -3.90. The molecule has 0 saturated carbocycles. The summed E-state index contributed by atoms with van der Waals surface area (Å²) >= 11 is 0. The van der Waals surface area contributed by atoms with Gasteiger partial charge in [-0.1, -0.05) is 32.0 Å². The van der Waals surface area contributed by atoms with Crippen molar-refractivity contribution in [1.29, 1.82) is 0 Å². The number of carbonyl (C=O) groups is 1. The molecule has 45 heavy (non-hydrogen) atoms. The third-order valence-electron chi connectivity index (χ3n) is 8.77. The Morgan fingerprint density at radius 3 is 2.29 bits per heavy atom. The maximum absolute atomic E-state index is 15.1. The van der Waals surface area contributed by atoms with Gasteiger partial charge in [0.05, 0.1) is 35.1 Å². The molecule has 0 radical (unpaired) electrons. The van der Waals surface area contributed by atoms with E-state index in [-0.39, 0.29) is 10.5 Å². The van der Waals surface area contributed by atoms with Crippen molar-refractivity contribution in [3.63, 3.8) is 0 Å². The average Bonchev–Trinajstić information content (AvgIpc) is 3.53. The zero-order valence-corrected chi connectivity index (χ0v) is 27.0. The first-order valence-corrected chi connectivity index (χ1v) is 16.8. The summed E-state index contributed by atoms with van der Waals surface area (Å²) in [5.74, 6) is -0.559. The SMILES string of the molecule is CCN(CC)S(=O)(=O)c1ccc(N2CCN(c3ccccc3OC)CC2)c(NC(=O)N2CCCC2c2c(F)ccc(C)c2F)c1. The van der Waals surface area contributed by atoms with Crippen LogP contribution in [0.25, 0.3) is 0 Å². The molecule has 1 atom stereocenters. The average molecular weight is 642 g/mol. The first-order valence-electron chi connectivity index (χ1n) is 15.4. The fraction of sp³-hybridized carbons (Fsp3) is 0.424. The summed E-state index contributed by atoms with van der Waals surface area (Å²) in [6.07, 6.45) is 0.998. The van der Waals surface area contributed by atoms with Gasteiger partial charge in [-0.3, -0.25) is 0 Å². The second kappa shape index (κ2) is 13.6. The molecule has 3 aromatic carbocycles. The molecular weight excluding hydrogens is 600 g/mol. The molecule has 0 spiro atoms. The van der Waals surface area contributed by atoms with Crippen molar-refractivity contribution in [1.82, 2.24) is 9.21 Å². The minimum absolute atomic E-state index is 0.0617. The van der Waals surface area contributed by atoms with Crippen molar-refractivity contribution in [2.24, 2.45) is 0 Å². The van der Waals surface area contributed by atoms with Crippen LogP contribution in [0.1, 0.15) is 43.9 Å². The van der Waals surface area contributed by atoms with Gasteiger partial charge in [0.15, 0.2) is 0 Å². The molecule has 1 unspecified atom stereocenters. The van der Waals surface area contributed by atoms with Gasteiger partial charge < -0.3 is 24.8 Å². The molecule has 1 N–H and O–H groups in total. The van der Waals surface area contributed by atoms with E-state index in [4.69, 9.17) is 4.74 Å². The van der Waals surface area contributed by atoms with E-state index in [0.29, 0.717) is 75.6 Å². The summed E-state index contributed by atoms with van der Waals surface area (Å²) < 4.78 is 63.9. The van der Waals surface area contributed by atoms with E-state index in [2.05, 4.69) is 15.1 Å². The van der Waals surface area contributed by atoms with Gasteiger partial charge in [-0.15, -0.1) is 0 Å². The minimum Gasteiger partial charge on any atom is -0.495 e. The number of urea groups is 1. The Morgan fingerprint density at radius 1 is 0.956 bits per heavy atom. The van der Waals surface area contributed by atoms with Gasteiger partial charge in [-0.05, 0) is 61.7 Å². The molecule has 0 bridgehead atoms. The molecule has 3 aromatic rings. The minimum atomic E-state index is -3.82. The lowest BCUT2D eigenvalue weighted by atomic mass is 10.0. The van der Waals surface area contributed by atoms with Crippen molar-refractivity contribution in [3.05, 3.63) is 77.4 Å². The highest BCUT2D eigenvalue weighted by Gasteiger charge is 2.35. The molecule has 5 rings (SSSR count). The van der Waals surface area contributed by atoms with Crippen LogP contribution in [0.3, 0.4) is 0 Å². The van der Waals surface area contributed by atoms with E-state index in [0.717, 1.165) is 11.4 Å². The third-order valence-corrected chi connectivity index (χ3v) is 10.8. The lowest BCUT2D eigenvalue weighted by Gasteiger charge is -2.38. The second-order valence-corrected chi connectivity index (χ2v) is 13.2. The number of anilines is 3. The number of piperazine rings is 1. The van der Waals surface area contributed by atoms with Gasteiger partial charge in [0.2, 0.25) is 10.0 Å². The molecule has 0 aliphatic carbocycles. The molecule has 9 nitrogen and oxygen atoms in total. The van der Waals surface area contributed by atoms with E-state index in [1.165, 1.54) is 27.4 Å². The number of nitrogens with one attached hydrogen (secondary N) is 1. The summed E-state index contributed by atoms with van der Waals surface area (Å²) in [5.41, 5.74) is 2.18. The Morgan fingerprint density at radius 2 is 1.62 bits per heavy atom. The van der Waals surface area contributed by atoms with Crippen LogP contribution in [-0.4, -0.2) is 76.6 Å². The lowest BCUT2D eigenvalue weighted by molar-refractivity contribution is 0.205. The molecule has 2 fully saturated rings. The number of halogens is 2. The van der Waals surface area contributed by atoms with Crippen molar-refractivity contribution >= 4 is 33.1 Å². The maximum Gasteiger partial charge on any atom is 0.322 e. The van der Waals surface area contributed by atoms with Crippen LogP contribution in [0.2, 0.25) is 0 Å². The highest BCUT2D eigenvalue weighted by atomic mass is 32.2. The van der Waals surface area contributed by atoms with Crippen molar-refractivity contribution in [2.45, 2.75) is 44.6 Å². The van der Waals surface area contributed by atoms with Crippen LogP contribution in [0.5, 0.6) is 5.75 Å². The summed E-state index contributed by atoms with van der Waals surface area (Å²) in [7, 11) is -2.18. The Kier molecular flexibility index (Phi) is 9.83. The van der Waals surface area contributed by atoms with Gasteiger partial charge in [-0.2, -0.15) is 4.31 Å². The lowest BCUT2D eigenvalue weighted by Crippen LogP contribution is -2.47. The molecule has 2 saturated heterocycles. The predicted octanol–water partition coefficient (Wildman–Crippen LogP) is 6.01. The second-order valence-electron chi connectivity index (χ2n) is 11.3. The number of nitrogens with zero attached hydrogens (tertiary/aromatic N) is 4. The van der Waals surface area contributed by atoms with Gasteiger partial charge in [0, 0.05) is 51.4 Å². The van der Waals surface area contributed by atoms with Crippen LogP contribution >= 0.6 is 0 Å². The standard InChI is InChI=1S/C33H41F2N5O4S/c1-5-39(6-2)45(42,43)24-14-16-27(37-18-20-38(21-19-37)28-10-7-8-12-30(28)44-4)26(22-24)36-33(41)40-17-9-11-29(40)31-25(34)15-13-23(3)32(31)35/h7-8,10,12-16,22,29H,5-6,9,11,17-21H2,1-4H3,(H,36,41). The molecular formula is C33H41F2N5O4S. The van der Waals surface area contributed by atoms with Crippen molar-refractivity contribution < 1.29 is 26.7 Å². The topological polar surface area (TPSA) is 85.4 Å². The van der Waals surface area contributed by atoms with E-state index >= 15 is 4.39 Å². The maximum atomic E-state index is 15.1. The van der Waals surface area contributed by atoms with Crippen LogP contribution in [0.15, 0.2) is 59.5 Å².